The highest BCUT2D eigenvalue weighted by Crippen LogP contribution is 2.46. The standard InChI is InChI=1S/C17H22INO2/c1-17(2,3)21-16(20)19-9-12-6-7-13(18)8-14(12)15(10-19)11-4-5-11/h6-8,11,15H,4-5,9-10H2,1-3H3. The summed E-state index contributed by atoms with van der Waals surface area (Å²) in [7, 11) is 0. The van der Waals surface area contributed by atoms with Crippen LogP contribution in [0.15, 0.2) is 18.2 Å². The number of amides is 1. The molecule has 0 bridgehead atoms. The Bertz CT molecular complexity index is 560. The Morgan fingerprint density at radius 1 is 1.33 bits per heavy atom. The lowest BCUT2D eigenvalue weighted by Gasteiger charge is -2.36. The molecule has 1 aromatic carbocycles. The third kappa shape index (κ3) is 3.52. The second-order valence-corrected chi connectivity index (χ2v) is 8.39. The van der Waals surface area contributed by atoms with E-state index in [4.69, 9.17) is 4.74 Å². The molecule has 1 aromatic rings. The molecule has 1 fully saturated rings. The van der Waals surface area contributed by atoms with Gasteiger partial charge in [-0.3, -0.25) is 0 Å². The summed E-state index contributed by atoms with van der Waals surface area (Å²) in [6, 6.07) is 6.59. The predicted molar refractivity (Wildman–Crippen MR) is 91.3 cm³/mol. The first-order valence-electron chi connectivity index (χ1n) is 7.60. The number of hydrogen-bond donors (Lipinski definition) is 0. The van der Waals surface area contributed by atoms with Gasteiger partial charge in [0.2, 0.25) is 0 Å². The van der Waals surface area contributed by atoms with Gasteiger partial charge in [0.1, 0.15) is 5.60 Å². The van der Waals surface area contributed by atoms with Crippen molar-refractivity contribution < 1.29 is 9.53 Å². The molecule has 1 atom stereocenters. The van der Waals surface area contributed by atoms with Crippen LogP contribution in [0.2, 0.25) is 0 Å². The Kier molecular flexibility index (Phi) is 3.93. The zero-order valence-electron chi connectivity index (χ0n) is 12.9. The topological polar surface area (TPSA) is 29.5 Å². The van der Waals surface area contributed by atoms with Gasteiger partial charge in [-0.1, -0.05) is 6.07 Å². The van der Waals surface area contributed by atoms with Crippen LogP contribution in [0.3, 0.4) is 0 Å². The number of halogens is 1. The summed E-state index contributed by atoms with van der Waals surface area (Å²) in [4.78, 5) is 14.3. The minimum atomic E-state index is -0.432. The summed E-state index contributed by atoms with van der Waals surface area (Å²) in [5.74, 6) is 1.23. The zero-order valence-corrected chi connectivity index (χ0v) is 15.0. The van der Waals surface area contributed by atoms with Crippen LogP contribution in [0.25, 0.3) is 0 Å². The third-order valence-electron chi connectivity index (χ3n) is 4.13. The maximum Gasteiger partial charge on any atom is 0.410 e. The predicted octanol–water partition coefficient (Wildman–Crippen LogP) is 4.54. The van der Waals surface area contributed by atoms with Gasteiger partial charge < -0.3 is 9.64 Å². The lowest BCUT2D eigenvalue weighted by Crippen LogP contribution is -2.42. The number of rotatable bonds is 1. The van der Waals surface area contributed by atoms with Crippen LogP contribution in [0.5, 0.6) is 0 Å². The molecule has 0 aromatic heterocycles. The van der Waals surface area contributed by atoms with Crippen molar-refractivity contribution in [3.63, 3.8) is 0 Å². The first kappa shape index (κ1) is 15.1. The molecular formula is C17H22INO2. The van der Waals surface area contributed by atoms with Gasteiger partial charge in [0.25, 0.3) is 0 Å². The van der Waals surface area contributed by atoms with E-state index in [1.807, 2.05) is 25.7 Å². The van der Waals surface area contributed by atoms with Crippen LogP contribution in [0.4, 0.5) is 4.79 Å². The monoisotopic (exact) mass is 399 g/mol. The largest absolute Gasteiger partial charge is 0.444 e. The van der Waals surface area contributed by atoms with Crippen molar-refractivity contribution in [3.05, 3.63) is 32.9 Å². The molecule has 3 nitrogen and oxygen atoms in total. The quantitative estimate of drug-likeness (QED) is 0.650. The van der Waals surface area contributed by atoms with Gasteiger partial charge >= 0.3 is 6.09 Å². The van der Waals surface area contributed by atoms with E-state index >= 15 is 0 Å². The smallest absolute Gasteiger partial charge is 0.410 e. The molecule has 0 saturated heterocycles. The van der Waals surface area contributed by atoms with Gasteiger partial charge in [-0.05, 0) is 85.4 Å². The van der Waals surface area contributed by atoms with E-state index in [9.17, 15) is 4.79 Å². The van der Waals surface area contributed by atoms with Crippen LogP contribution < -0.4 is 0 Å². The molecule has 1 amide bonds. The summed E-state index contributed by atoms with van der Waals surface area (Å²) in [6.45, 7) is 7.23. The Hall–Kier alpha value is -0.780. The van der Waals surface area contributed by atoms with E-state index in [0.29, 0.717) is 12.5 Å². The molecule has 0 radical (unpaired) electrons. The number of carbonyl (C=O) groups excluding carboxylic acids is 1. The zero-order chi connectivity index (χ0) is 15.2. The Morgan fingerprint density at radius 2 is 2.05 bits per heavy atom. The van der Waals surface area contributed by atoms with E-state index in [1.54, 1.807) is 0 Å². The molecule has 1 aliphatic carbocycles. The molecule has 21 heavy (non-hydrogen) atoms. The Labute approximate surface area is 140 Å². The molecule has 1 heterocycles. The Balaban J connectivity index is 1.84. The fourth-order valence-electron chi connectivity index (χ4n) is 3.03. The average Bonchev–Trinajstić information content (AvgIpc) is 3.19. The summed E-state index contributed by atoms with van der Waals surface area (Å²) in [5, 5.41) is 0. The molecule has 0 N–H and O–H groups in total. The molecule has 1 unspecified atom stereocenters. The highest BCUT2D eigenvalue weighted by atomic mass is 127. The third-order valence-corrected chi connectivity index (χ3v) is 4.80. The van der Waals surface area contributed by atoms with E-state index in [-0.39, 0.29) is 6.09 Å². The van der Waals surface area contributed by atoms with Gasteiger partial charge in [0.05, 0.1) is 0 Å². The highest BCUT2D eigenvalue weighted by molar-refractivity contribution is 14.1. The lowest BCUT2D eigenvalue weighted by molar-refractivity contribution is 0.0200. The number of fused-ring (bicyclic) bond motifs is 1. The van der Waals surface area contributed by atoms with Crippen LogP contribution in [0.1, 0.15) is 50.7 Å². The van der Waals surface area contributed by atoms with Crippen LogP contribution in [-0.2, 0) is 11.3 Å². The van der Waals surface area contributed by atoms with Crippen molar-refractivity contribution in [2.45, 2.75) is 51.7 Å². The van der Waals surface area contributed by atoms with Gasteiger partial charge in [0.15, 0.2) is 0 Å². The minimum absolute atomic E-state index is 0.183. The molecular weight excluding hydrogens is 377 g/mol. The van der Waals surface area contributed by atoms with Crippen molar-refractivity contribution in [2.75, 3.05) is 6.54 Å². The molecule has 1 aliphatic heterocycles. The normalized spacial score (nSPS) is 21.9. The van der Waals surface area contributed by atoms with Crippen LogP contribution in [-0.4, -0.2) is 23.1 Å². The fraction of sp³-hybridized carbons (Fsp3) is 0.588. The van der Waals surface area contributed by atoms with Crippen molar-refractivity contribution in [1.29, 1.82) is 0 Å². The first-order valence-corrected chi connectivity index (χ1v) is 8.67. The van der Waals surface area contributed by atoms with E-state index in [1.165, 1.54) is 27.5 Å². The minimum Gasteiger partial charge on any atom is -0.444 e. The second-order valence-electron chi connectivity index (χ2n) is 7.15. The number of carbonyl (C=O) groups is 1. The summed E-state index contributed by atoms with van der Waals surface area (Å²) in [6.07, 6.45) is 2.40. The lowest BCUT2D eigenvalue weighted by atomic mass is 9.86. The Morgan fingerprint density at radius 3 is 2.67 bits per heavy atom. The van der Waals surface area contributed by atoms with Gasteiger partial charge in [-0.15, -0.1) is 0 Å². The highest BCUT2D eigenvalue weighted by Gasteiger charge is 2.39. The van der Waals surface area contributed by atoms with Crippen molar-refractivity contribution in [3.8, 4) is 0 Å². The molecule has 4 heteroatoms. The number of ether oxygens (including phenoxy) is 1. The molecule has 1 saturated carbocycles. The van der Waals surface area contributed by atoms with Crippen molar-refractivity contribution in [1.82, 2.24) is 4.90 Å². The summed E-state index contributed by atoms with van der Waals surface area (Å²) >= 11 is 2.37. The van der Waals surface area contributed by atoms with E-state index < -0.39 is 5.60 Å². The number of benzene rings is 1. The van der Waals surface area contributed by atoms with Gasteiger partial charge in [-0.2, -0.15) is 0 Å². The first-order chi connectivity index (χ1) is 9.83. The van der Waals surface area contributed by atoms with E-state index in [2.05, 4.69) is 40.8 Å². The number of nitrogens with zero attached hydrogens (tertiary/aromatic N) is 1. The van der Waals surface area contributed by atoms with Crippen molar-refractivity contribution in [2.24, 2.45) is 5.92 Å². The van der Waals surface area contributed by atoms with E-state index in [0.717, 1.165) is 12.5 Å². The van der Waals surface area contributed by atoms with Gasteiger partial charge in [-0.25, -0.2) is 4.79 Å². The van der Waals surface area contributed by atoms with Crippen LogP contribution >= 0.6 is 22.6 Å². The molecule has 3 rings (SSSR count). The summed E-state index contributed by atoms with van der Waals surface area (Å²) in [5.41, 5.74) is 2.30. The van der Waals surface area contributed by atoms with Crippen LogP contribution in [0, 0.1) is 9.49 Å². The molecule has 0 spiro atoms. The molecule has 114 valence electrons. The average molecular weight is 399 g/mol. The summed E-state index contributed by atoms with van der Waals surface area (Å²) < 4.78 is 6.83. The van der Waals surface area contributed by atoms with Crippen molar-refractivity contribution >= 4 is 28.7 Å². The number of hydrogen-bond acceptors (Lipinski definition) is 2. The SMILES string of the molecule is CC(C)(C)OC(=O)N1Cc2ccc(I)cc2C(C2CC2)C1. The van der Waals surface area contributed by atoms with Gasteiger partial charge in [0, 0.05) is 22.6 Å². The fourth-order valence-corrected chi connectivity index (χ4v) is 3.54. The second kappa shape index (κ2) is 5.45. The maximum absolute atomic E-state index is 12.4. The molecule has 2 aliphatic rings. The maximum atomic E-state index is 12.4.